The molecule has 1 aliphatic heterocycles. The van der Waals surface area contributed by atoms with Crippen molar-refractivity contribution in [2.24, 2.45) is 0 Å². The second-order valence-electron chi connectivity index (χ2n) is 6.45. The van der Waals surface area contributed by atoms with Crippen LogP contribution in [-0.4, -0.2) is 35.1 Å². The standard InChI is InChI=1S/C18H17ClF3N3O2/c1-10-2-3-15(26)13(6-10)17(27)24-12-4-5-25(9-12)16-14(19)7-11(8-23-16)18(20,21)22/h2-3,6-8,12,26H,4-5,9H2,1H3,(H,24,27). The zero-order chi connectivity index (χ0) is 19.8. The Morgan fingerprint density at radius 1 is 1.37 bits per heavy atom. The van der Waals surface area contributed by atoms with Gasteiger partial charge in [-0.15, -0.1) is 0 Å². The van der Waals surface area contributed by atoms with Gasteiger partial charge in [0.15, 0.2) is 0 Å². The summed E-state index contributed by atoms with van der Waals surface area (Å²) in [7, 11) is 0. The number of phenolic OH excluding ortho intramolecular Hbond substituents is 1. The molecule has 9 heteroatoms. The fourth-order valence-electron chi connectivity index (χ4n) is 2.98. The molecule has 5 nitrogen and oxygen atoms in total. The Kier molecular flexibility index (Phi) is 5.19. The number of amides is 1. The first-order chi connectivity index (χ1) is 12.6. The number of alkyl halides is 3. The molecule has 1 fully saturated rings. The number of halogens is 4. The summed E-state index contributed by atoms with van der Waals surface area (Å²) in [6, 6.07) is 5.35. The molecular weight excluding hydrogens is 383 g/mol. The molecule has 2 aromatic rings. The smallest absolute Gasteiger partial charge is 0.417 e. The Bertz CT molecular complexity index is 873. The molecule has 1 amide bonds. The zero-order valence-corrected chi connectivity index (χ0v) is 15.1. The number of aromatic hydroxyl groups is 1. The van der Waals surface area contributed by atoms with Crippen LogP contribution in [0.3, 0.4) is 0 Å². The fourth-order valence-corrected chi connectivity index (χ4v) is 3.27. The van der Waals surface area contributed by atoms with Crippen LogP contribution >= 0.6 is 11.6 Å². The summed E-state index contributed by atoms with van der Waals surface area (Å²) in [5.74, 6) is -0.269. The van der Waals surface area contributed by atoms with Crippen molar-refractivity contribution in [1.29, 1.82) is 0 Å². The van der Waals surface area contributed by atoms with Crippen LogP contribution in [0.2, 0.25) is 5.02 Å². The average Bonchev–Trinajstić information content (AvgIpc) is 3.04. The fraction of sp³-hybridized carbons (Fsp3) is 0.333. The topological polar surface area (TPSA) is 65.5 Å². The average molecular weight is 400 g/mol. The van der Waals surface area contributed by atoms with Gasteiger partial charge in [0.25, 0.3) is 5.91 Å². The van der Waals surface area contributed by atoms with Crippen LogP contribution in [0.5, 0.6) is 5.75 Å². The van der Waals surface area contributed by atoms with Crippen molar-refractivity contribution in [3.8, 4) is 5.75 Å². The molecule has 0 saturated carbocycles. The van der Waals surface area contributed by atoms with Crippen molar-refractivity contribution in [2.45, 2.75) is 25.6 Å². The van der Waals surface area contributed by atoms with Crippen LogP contribution in [0.25, 0.3) is 0 Å². The predicted octanol–water partition coefficient (Wildman–Crippen LogP) is 3.78. The number of aryl methyl sites for hydroxylation is 1. The number of anilines is 1. The van der Waals surface area contributed by atoms with E-state index in [-0.39, 0.29) is 28.2 Å². The van der Waals surface area contributed by atoms with Gasteiger partial charge in [0.05, 0.1) is 16.1 Å². The van der Waals surface area contributed by atoms with E-state index in [1.54, 1.807) is 17.0 Å². The van der Waals surface area contributed by atoms with Crippen LogP contribution in [0, 0.1) is 6.92 Å². The van der Waals surface area contributed by atoms with E-state index < -0.39 is 17.6 Å². The highest BCUT2D eigenvalue weighted by atomic mass is 35.5. The van der Waals surface area contributed by atoms with Crippen molar-refractivity contribution in [3.05, 3.63) is 52.2 Å². The third-order valence-corrected chi connectivity index (χ3v) is 4.65. The summed E-state index contributed by atoms with van der Waals surface area (Å²) in [4.78, 5) is 18.0. The first-order valence-corrected chi connectivity index (χ1v) is 8.61. The number of hydrogen-bond acceptors (Lipinski definition) is 4. The van der Waals surface area contributed by atoms with Crippen molar-refractivity contribution in [2.75, 3.05) is 18.0 Å². The van der Waals surface area contributed by atoms with E-state index in [2.05, 4.69) is 10.3 Å². The minimum Gasteiger partial charge on any atom is -0.507 e. The summed E-state index contributed by atoms with van der Waals surface area (Å²) in [5, 5.41) is 12.6. The van der Waals surface area contributed by atoms with Crippen molar-refractivity contribution in [3.63, 3.8) is 0 Å². The van der Waals surface area contributed by atoms with Crippen molar-refractivity contribution >= 4 is 23.3 Å². The summed E-state index contributed by atoms with van der Waals surface area (Å²) >= 11 is 5.98. The molecule has 1 aromatic heterocycles. The number of rotatable bonds is 3. The lowest BCUT2D eigenvalue weighted by Gasteiger charge is -2.20. The molecule has 0 radical (unpaired) electrons. The summed E-state index contributed by atoms with van der Waals surface area (Å²) in [5.41, 5.74) is 0.112. The molecule has 1 aromatic carbocycles. The minimum absolute atomic E-state index is 0.0897. The number of carbonyl (C=O) groups excluding carboxylic acids is 1. The molecule has 0 bridgehead atoms. The molecule has 144 valence electrons. The van der Waals surface area contributed by atoms with E-state index in [0.29, 0.717) is 19.5 Å². The molecule has 1 saturated heterocycles. The second-order valence-corrected chi connectivity index (χ2v) is 6.86. The highest BCUT2D eigenvalue weighted by Gasteiger charge is 2.33. The van der Waals surface area contributed by atoms with Crippen molar-refractivity contribution in [1.82, 2.24) is 10.3 Å². The Morgan fingerprint density at radius 3 is 2.78 bits per heavy atom. The number of nitrogens with zero attached hydrogens (tertiary/aromatic N) is 2. The van der Waals surface area contributed by atoms with E-state index in [0.717, 1.165) is 17.8 Å². The quantitative estimate of drug-likeness (QED) is 0.824. The van der Waals surface area contributed by atoms with E-state index in [1.165, 1.54) is 6.07 Å². The van der Waals surface area contributed by atoms with Gasteiger partial charge in [-0.05, 0) is 31.5 Å². The minimum atomic E-state index is -4.51. The maximum absolute atomic E-state index is 12.7. The lowest BCUT2D eigenvalue weighted by atomic mass is 10.1. The van der Waals surface area contributed by atoms with Crippen LogP contribution in [0.4, 0.5) is 19.0 Å². The van der Waals surface area contributed by atoms with Gasteiger partial charge in [-0.3, -0.25) is 4.79 Å². The van der Waals surface area contributed by atoms with Gasteiger partial charge in [-0.2, -0.15) is 13.2 Å². The van der Waals surface area contributed by atoms with Gasteiger partial charge in [0.2, 0.25) is 0 Å². The highest BCUT2D eigenvalue weighted by molar-refractivity contribution is 6.33. The Hall–Kier alpha value is -2.48. The molecule has 3 rings (SSSR count). The van der Waals surface area contributed by atoms with Crippen molar-refractivity contribution < 1.29 is 23.1 Å². The second kappa shape index (κ2) is 7.26. The third-order valence-electron chi connectivity index (χ3n) is 4.37. The highest BCUT2D eigenvalue weighted by Crippen LogP contribution is 2.34. The lowest BCUT2D eigenvalue weighted by molar-refractivity contribution is -0.137. The van der Waals surface area contributed by atoms with Gasteiger partial charge >= 0.3 is 6.18 Å². The predicted molar refractivity (Wildman–Crippen MR) is 95.2 cm³/mol. The molecule has 2 N–H and O–H groups in total. The number of nitrogens with one attached hydrogen (secondary N) is 1. The number of benzene rings is 1. The maximum Gasteiger partial charge on any atom is 0.417 e. The number of hydrogen-bond donors (Lipinski definition) is 2. The number of phenols is 1. The molecule has 2 heterocycles. The van der Waals surface area contributed by atoms with Gasteiger partial charge in [-0.1, -0.05) is 23.2 Å². The Morgan fingerprint density at radius 2 is 2.11 bits per heavy atom. The van der Waals surface area contributed by atoms with E-state index in [1.807, 2.05) is 6.92 Å². The Balaban J connectivity index is 1.68. The monoisotopic (exact) mass is 399 g/mol. The molecule has 0 spiro atoms. The van der Waals surface area contributed by atoms with E-state index >= 15 is 0 Å². The first-order valence-electron chi connectivity index (χ1n) is 8.23. The molecule has 1 atom stereocenters. The lowest BCUT2D eigenvalue weighted by Crippen LogP contribution is -2.37. The van der Waals surface area contributed by atoms with Gasteiger partial charge in [0.1, 0.15) is 11.6 Å². The van der Waals surface area contributed by atoms with Crippen LogP contribution in [-0.2, 0) is 6.18 Å². The molecule has 1 aliphatic rings. The van der Waals surface area contributed by atoms with E-state index in [9.17, 15) is 23.1 Å². The summed E-state index contributed by atoms with van der Waals surface area (Å²) < 4.78 is 38.2. The van der Waals surface area contributed by atoms with E-state index in [4.69, 9.17) is 11.6 Å². The summed E-state index contributed by atoms with van der Waals surface area (Å²) in [6.07, 6.45) is -3.18. The molecular formula is C18H17ClF3N3O2. The number of carbonyl (C=O) groups is 1. The first kappa shape index (κ1) is 19.3. The number of aromatic nitrogens is 1. The third kappa shape index (κ3) is 4.27. The normalized spacial score (nSPS) is 17.2. The molecule has 1 unspecified atom stereocenters. The largest absolute Gasteiger partial charge is 0.507 e. The van der Waals surface area contributed by atoms with Crippen LogP contribution in [0.1, 0.15) is 27.9 Å². The van der Waals surface area contributed by atoms with Gasteiger partial charge in [0, 0.05) is 25.3 Å². The zero-order valence-electron chi connectivity index (χ0n) is 14.3. The molecule has 27 heavy (non-hydrogen) atoms. The van der Waals surface area contributed by atoms with Gasteiger partial charge in [-0.25, -0.2) is 4.98 Å². The number of pyridine rings is 1. The van der Waals surface area contributed by atoms with Crippen LogP contribution < -0.4 is 10.2 Å². The summed E-state index contributed by atoms with van der Waals surface area (Å²) in [6.45, 7) is 2.66. The van der Waals surface area contributed by atoms with Gasteiger partial charge < -0.3 is 15.3 Å². The maximum atomic E-state index is 12.7. The SMILES string of the molecule is Cc1ccc(O)c(C(=O)NC2CCN(c3ncc(C(F)(F)F)cc3Cl)C2)c1. The Labute approximate surface area is 158 Å². The molecule has 0 aliphatic carbocycles. The van der Waals surface area contributed by atoms with Crippen LogP contribution in [0.15, 0.2) is 30.5 Å².